The lowest BCUT2D eigenvalue weighted by atomic mass is 10.1. The Morgan fingerprint density at radius 3 is 2.24 bits per heavy atom. The number of carbonyl (C=O) groups is 1. The summed E-state index contributed by atoms with van der Waals surface area (Å²) in [6.45, 7) is 3.42. The molecule has 12 nitrogen and oxygen atoms in total. The predicted octanol–water partition coefficient (Wildman–Crippen LogP) is 3.24. The van der Waals surface area contributed by atoms with Crippen LogP contribution >= 0.6 is 0 Å². The predicted molar refractivity (Wildman–Crippen MR) is 163 cm³/mol. The van der Waals surface area contributed by atoms with E-state index >= 15 is 0 Å². The van der Waals surface area contributed by atoms with E-state index < -0.39 is 0 Å². The highest BCUT2D eigenvalue weighted by molar-refractivity contribution is 5.78. The SMILES string of the molecule is COc1ccc(CNc2nc(Nc3ccc(CC(=O)NCCOCCOCCN)cc3)nc(NC3CCCC3)n2)cc1. The summed E-state index contributed by atoms with van der Waals surface area (Å²) in [5.41, 5.74) is 8.15. The van der Waals surface area contributed by atoms with Crippen LogP contribution in [0.3, 0.4) is 0 Å². The lowest BCUT2D eigenvalue weighted by molar-refractivity contribution is -0.120. The number of amides is 1. The van der Waals surface area contributed by atoms with Crippen LogP contribution in [0.15, 0.2) is 48.5 Å². The molecule has 0 unspecified atom stereocenters. The summed E-state index contributed by atoms with van der Waals surface area (Å²) in [7, 11) is 1.65. The fourth-order valence-electron chi connectivity index (χ4n) is 4.50. The molecule has 1 fully saturated rings. The molecule has 6 N–H and O–H groups in total. The molecule has 0 radical (unpaired) electrons. The van der Waals surface area contributed by atoms with E-state index in [-0.39, 0.29) is 12.3 Å². The minimum atomic E-state index is -0.0636. The van der Waals surface area contributed by atoms with Gasteiger partial charge in [0, 0.05) is 31.4 Å². The maximum absolute atomic E-state index is 12.3. The Hall–Kier alpha value is -4.00. The Morgan fingerprint density at radius 1 is 0.857 bits per heavy atom. The maximum Gasteiger partial charge on any atom is 0.233 e. The van der Waals surface area contributed by atoms with Crippen molar-refractivity contribution in [3.63, 3.8) is 0 Å². The van der Waals surface area contributed by atoms with Crippen molar-refractivity contribution in [2.75, 3.05) is 62.6 Å². The normalized spacial score (nSPS) is 13.1. The summed E-state index contributed by atoms with van der Waals surface area (Å²) < 4.78 is 15.9. The van der Waals surface area contributed by atoms with Crippen molar-refractivity contribution in [1.82, 2.24) is 20.3 Å². The Morgan fingerprint density at radius 2 is 1.52 bits per heavy atom. The van der Waals surface area contributed by atoms with Crippen LogP contribution in [0, 0.1) is 0 Å². The van der Waals surface area contributed by atoms with Gasteiger partial charge in [0.05, 0.1) is 40.0 Å². The average Bonchev–Trinajstić information content (AvgIpc) is 3.52. The van der Waals surface area contributed by atoms with Crippen LogP contribution in [0.25, 0.3) is 0 Å². The highest BCUT2D eigenvalue weighted by atomic mass is 16.5. The zero-order valence-corrected chi connectivity index (χ0v) is 24.2. The van der Waals surface area contributed by atoms with Crippen LogP contribution in [0.5, 0.6) is 5.75 Å². The number of rotatable bonds is 18. The number of ether oxygens (including phenoxy) is 3. The van der Waals surface area contributed by atoms with E-state index in [1.54, 1.807) is 7.11 Å². The van der Waals surface area contributed by atoms with Crippen LogP contribution < -0.4 is 31.7 Å². The second kappa shape index (κ2) is 17.1. The van der Waals surface area contributed by atoms with Gasteiger partial charge in [0.15, 0.2) is 0 Å². The summed E-state index contributed by atoms with van der Waals surface area (Å²) >= 11 is 0. The standard InChI is InChI=1S/C30H42N8O4/c1-40-26-12-8-23(9-13-26)21-33-28-36-29(34-24-4-2-3-5-24)38-30(37-28)35-25-10-6-22(7-11-25)20-27(39)32-15-17-42-19-18-41-16-14-31/h6-13,24H,2-5,14-21,31H2,1H3,(H,32,39)(H3,33,34,35,36,37,38). The largest absolute Gasteiger partial charge is 0.497 e. The lowest BCUT2D eigenvalue weighted by Gasteiger charge is -2.15. The van der Waals surface area contributed by atoms with Crippen molar-refractivity contribution in [3.05, 3.63) is 59.7 Å². The first-order valence-corrected chi connectivity index (χ1v) is 14.5. The third-order valence-electron chi connectivity index (χ3n) is 6.71. The zero-order valence-electron chi connectivity index (χ0n) is 24.2. The van der Waals surface area contributed by atoms with E-state index in [0.29, 0.717) is 69.9 Å². The topological polar surface area (TPSA) is 158 Å². The van der Waals surface area contributed by atoms with Gasteiger partial charge in [0.2, 0.25) is 23.8 Å². The molecule has 4 rings (SSSR count). The number of hydrogen-bond acceptors (Lipinski definition) is 11. The third-order valence-corrected chi connectivity index (χ3v) is 6.71. The second-order valence-corrected chi connectivity index (χ2v) is 10.00. The summed E-state index contributed by atoms with van der Waals surface area (Å²) in [6, 6.07) is 15.9. The molecule has 0 aliphatic heterocycles. The molecule has 0 saturated heterocycles. The molecule has 1 heterocycles. The van der Waals surface area contributed by atoms with Crippen LogP contribution in [0.2, 0.25) is 0 Å². The van der Waals surface area contributed by atoms with Gasteiger partial charge in [0.25, 0.3) is 0 Å². The number of carbonyl (C=O) groups excluding carboxylic acids is 1. The van der Waals surface area contributed by atoms with Gasteiger partial charge >= 0.3 is 0 Å². The minimum absolute atomic E-state index is 0.0636. The lowest BCUT2D eigenvalue weighted by Crippen LogP contribution is -2.29. The number of hydrogen-bond donors (Lipinski definition) is 5. The molecular formula is C30H42N8O4. The third kappa shape index (κ3) is 10.8. The first kappa shape index (κ1) is 30.9. The number of anilines is 4. The van der Waals surface area contributed by atoms with Gasteiger partial charge in [-0.25, -0.2) is 0 Å². The average molecular weight is 579 g/mol. The quantitative estimate of drug-likeness (QED) is 0.141. The maximum atomic E-state index is 12.3. The van der Waals surface area contributed by atoms with Gasteiger partial charge in [-0.2, -0.15) is 15.0 Å². The molecule has 42 heavy (non-hydrogen) atoms. The summed E-state index contributed by atoms with van der Waals surface area (Å²) in [5, 5.41) is 12.9. The zero-order chi connectivity index (χ0) is 29.4. The minimum Gasteiger partial charge on any atom is -0.497 e. The molecule has 1 aromatic heterocycles. The van der Waals surface area contributed by atoms with Crippen molar-refractivity contribution in [2.45, 2.75) is 44.7 Å². The monoisotopic (exact) mass is 578 g/mol. The molecule has 12 heteroatoms. The molecular weight excluding hydrogens is 536 g/mol. The first-order chi connectivity index (χ1) is 20.6. The van der Waals surface area contributed by atoms with Crippen LogP contribution in [-0.2, 0) is 27.2 Å². The number of nitrogens with one attached hydrogen (secondary N) is 4. The van der Waals surface area contributed by atoms with Gasteiger partial charge in [-0.1, -0.05) is 37.1 Å². The van der Waals surface area contributed by atoms with E-state index in [1.165, 1.54) is 12.8 Å². The van der Waals surface area contributed by atoms with Crippen LogP contribution in [0.1, 0.15) is 36.8 Å². The number of nitrogens with zero attached hydrogens (tertiary/aromatic N) is 3. The molecule has 1 aliphatic carbocycles. The molecule has 1 amide bonds. The first-order valence-electron chi connectivity index (χ1n) is 14.5. The Balaban J connectivity index is 1.30. The van der Waals surface area contributed by atoms with E-state index in [9.17, 15) is 4.79 Å². The van der Waals surface area contributed by atoms with Crippen LogP contribution in [-0.4, -0.2) is 73.5 Å². The Labute approximate surface area is 247 Å². The number of nitrogens with two attached hydrogens (primary N) is 1. The molecule has 1 saturated carbocycles. The molecule has 0 bridgehead atoms. The highest BCUT2D eigenvalue weighted by Crippen LogP contribution is 2.23. The number of methoxy groups -OCH3 is 1. The van der Waals surface area contributed by atoms with Crippen LogP contribution in [0.4, 0.5) is 23.5 Å². The Kier molecular flexibility index (Phi) is 12.6. The van der Waals surface area contributed by atoms with Gasteiger partial charge < -0.3 is 41.2 Å². The Bertz CT molecular complexity index is 1220. The smallest absolute Gasteiger partial charge is 0.233 e. The van der Waals surface area contributed by atoms with Crippen molar-refractivity contribution >= 4 is 29.4 Å². The number of aromatic nitrogens is 3. The van der Waals surface area contributed by atoms with Gasteiger partial charge in [-0.15, -0.1) is 0 Å². The fourth-order valence-corrected chi connectivity index (χ4v) is 4.50. The van der Waals surface area contributed by atoms with E-state index in [0.717, 1.165) is 35.4 Å². The van der Waals surface area contributed by atoms with Crippen molar-refractivity contribution in [3.8, 4) is 5.75 Å². The van der Waals surface area contributed by atoms with Crippen molar-refractivity contribution in [2.24, 2.45) is 5.73 Å². The van der Waals surface area contributed by atoms with E-state index in [2.05, 4.69) is 36.2 Å². The molecule has 0 atom stereocenters. The van der Waals surface area contributed by atoms with Crippen molar-refractivity contribution in [1.29, 1.82) is 0 Å². The van der Waals surface area contributed by atoms with E-state index in [1.807, 2.05) is 48.5 Å². The van der Waals surface area contributed by atoms with Gasteiger partial charge in [-0.3, -0.25) is 4.79 Å². The van der Waals surface area contributed by atoms with Gasteiger partial charge in [0.1, 0.15) is 5.75 Å². The molecule has 0 spiro atoms. The molecule has 3 aromatic rings. The molecule has 1 aliphatic rings. The fraction of sp³-hybridized carbons (Fsp3) is 0.467. The van der Waals surface area contributed by atoms with E-state index in [4.69, 9.17) is 19.9 Å². The molecule has 2 aromatic carbocycles. The highest BCUT2D eigenvalue weighted by Gasteiger charge is 2.17. The summed E-state index contributed by atoms with van der Waals surface area (Å²) in [5.74, 6) is 2.19. The van der Waals surface area contributed by atoms with Crippen molar-refractivity contribution < 1.29 is 19.0 Å². The summed E-state index contributed by atoms with van der Waals surface area (Å²) in [6.07, 6.45) is 4.91. The number of benzene rings is 2. The van der Waals surface area contributed by atoms with Gasteiger partial charge in [-0.05, 0) is 48.2 Å². The molecule has 226 valence electrons. The summed E-state index contributed by atoms with van der Waals surface area (Å²) in [4.78, 5) is 26.1. The second-order valence-electron chi connectivity index (χ2n) is 10.00.